The summed E-state index contributed by atoms with van der Waals surface area (Å²) in [6, 6.07) is 7.95. The molecule has 112 valence electrons. The third kappa shape index (κ3) is 3.28. The van der Waals surface area contributed by atoms with E-state index in [0.29, 0.717) is 5.75 Å². The van der Waals surface area contributed by atoms with E-state index in [1.54, 1.807) is 17.7 Å². The summed E-state index contributed by atoms with van der Waals surface area (Å²) in [4.78, 5) is 20.6. The van der Waals surface area contributed by atoms with E-state index in [4.69, 9.17) is 0 Å². The monoisotopic (exact) mass is 329 g/mol. The molecule has 3 rings (SSSR count). The van der Waals surface area contributed by atoms with Gasteiger partial charge in [0.1, 0.15) is 11.4 Å². The van der Waals surface area contributed by atoms with Gasteiger partial charge in [0.25, 0.3) is 0 Å². The Morgan fingerprint density at radius 1 is 1.27 bits per heavy atom. The van der Waals surface area contributed by atoms with Crippen LogP contribution in [0.3, 0.4) is 0 Å². The fourth-order valence-corrected chi connectivity index (χ4v) is 3.89. The quantitative estimate of drug-likeness (QED) is 0.580. The van der Waals surface area contributed by atoms with Gasteiger partial charge in [0.05, 0.1) is 16.0 Å². The number of nitrogens with one attached hydrogen (secondary N) is 1. The molecule has 0 bridgehead atoms. The molecule has 0 atom stereocenters. The summed E-state index contributed by atoms with van der Waals surface area (Å²) < 4.78 is 1.03. The maximum Gasteiger partial charge on any atom is 0.234 e. The van der Waals surface area contributed by atoms with Crippen LogP contribution in [0.2, 0.25) is 0 Å². The van der Waals surface area contributed by atoms with E-state index < -0.39 is 0 Å². The first-order chi connectivity index (χ1) is 10.6. The van der Waals surface area contributed by atoms with Crippen LogP contribution in [0.25, 0.3) is 10.2 Å². The molecule has 2 aromatic heterocycles. The van der Waals surface area contributed by atoms with Gasteiger partial charge in [0, 0.05) is 5.69 Å². The van der Waals surface area contributed by atoms with Crippen LogP contribution in [0.1, 0.15) is 11.1 Å². The molecule has 22 heavy (non-hydrogen) atoms. The van der Waals surface area contributed by atoms with E-state index in [2.05, 4.69) is 21.4 Å². The Morgan fingerprint density at radius 3 is 2.95 bits per heavy atom. The van der Waals surface area contributed by atoms with E-state index in [-0.39, 0.29) is 5.91 Å². The van der Waals surface area contributed by atoms with Crippen LogP contribution in [0, 0.1) is 13.8 Å². The zero-order chi connectivity index (χ0) is 15.5. The van der Waals surface area contributed by atoms with Gasteiger partial charge in [-0.25, -0.2) is 9.97 Å². The molecule has 1 aromatic carbocycles. The van der Waals surface area contributed by atoms with Crippen LogP contribution < -0.4 is 5.32 Å². The maximum absolute atomic E-state index is 12.1. The smallest absolute Gasteiger partial charge is 0.234 e. The molecule has 0 unspecified atom stereocenters. The van der Waals surface area contributed by atoms with E-state index in [1.807, 2.05) is 37.4 Å². The number of carbonyl (C=O) groups excluding carboxylic acids is 1. The van der Waals surface area contributed by atoms with Crippen molar-refractivity contribution < 1.29 is 4.79 Å². The molecule has 0 aliphatic rings. The van der Waals surface area contributed by atoms with Gasteiger partial charge in [-0.2, -0.15) is 0 Å². The van der Waals surface area contributed by atoms with Gasteiger partial charge in [-0.1, -0.05) is 29.5 Å². The maximum atomic E-state index is 12.1. The summed E-state index contributed by atoms with van der Waals surface area (Å²) in [5.41, 5.74) is 4.05. The number of anilines is 1. The molecule has 1 N–H and O–H groups in total. The van der Waals surface area contributed by atoms with E-state index in [0.717, 1.165) is 26.5 Å². The number of thiophene rings is 1. The molecule has 0 aliphatic heterocycles. The third-order valence-corrected chi connectivity index (χ3v) is 5.24. The average molecular weight is 329 g/mol. The Labute approximate surface area is 137 Å². The van der Waals surface area contributed by atoms with Crippen molar-refractivity contribution in [1.82, 2.24) is 9.97 Å². The van der Waals surface area contributed by atoms with Crippen molar-refractivity contribution in [3.63, 3.8) is 0 Å². The molecule has 1 amide bonds. The number of nitrogens with zero attached hydrogens (tertiary/aromatic N) is 2. The van der Waals surface area contributed by atoms with Gasteiger partial charge in [0.15, 0.2) is 0 Å². The molecular formula is C16H15N3OS2. The number of hydrogen-bond donors (Lipinski definition) is 1. The molecule has 0 saturated heterocycles. The first-order valence-corrected chi connectivity index (χ1v) is 8.68. The highest BCUT2D eigenvalue weighted by atomic mass is 32.2. The SMILES string of the molecule is Cc1ccc(NC(=O)CSc2ncnc3ccsc23)c(C)c1. The van der Waals surface area contributed by atoms with Crippen LogP contribution in [0.4, 0.5) is 5.69 Å². The number of fused-ring (bicyclic) bond motifs is 1. The average Bonchev–Trinajstić information content (AvgIpc) is 2.97. The highest BCUT2D eigenvalue weighted by Gasteiger charge is 2.10. The Morgan fingerprint density at radius 2 is 2.14 bits per heavy atom. The molecule has 6 heteroatoms. The summed E-state index contributed by atoms with van der Waals surface area (Å²) in [5.74, 6) is 0.303. The Hall–Kier alpha value is -1.92. The Bertz CT molecular complexity index is 829. The van der Waals surface area contributed by atoms with Crippen molar-refractivity contribution >= 4 is 44.9 Å². The lowest BCUT2D eigenvalue weighted by molar-refractivity contribution is -0.113. The first-order valence-electron chi connectivity index (χ1n) is 6.81. The zero-order valence-electron chi connectivity index (χ0n) is 12.3. The van der Waals surface area contributed by atoms with E-state index in [9.17, 15) is 4.79 Å². The Kier molecular flexibility index (Phi) is 4.40. The van der Waals surface area contributed by atoms with Crippen LogP contribution >= 0.6 is 23.1 Å². The van der Waals surface area contributed by atoms with Gasteiger partial charge in [0.2, 0.25) is 5.91 Å². The molecule has 0 radical (unpaired) electrons. The van der Waals surface area contributed by atoms with Gasteiger partial charge in [-0.05, 0) is 36.9 Å². The van der Waals surface area contributed by atoms with E-state index >= 15 is 0 Å². The number of amides is 1. The van der Waals surface area contributed by atoms with Gasteiger partial charge >= 0.3 is 0 Å². The van der Waals surface area contributed by atoms with Crippen molar-refractivity contribution in [2.24, 2.45) is 0 Å². The van der Waals surface area contributed by atoms with Gasteiger partial charge < -0.3 is 5.32 Å². The summed E-state index contributed by atoms with van der Waals surface area (Å²) in [5, 5.41) is 5.79. The third-order valence-electron chi connectivity index (χ3n) is 3.21. The van der Waals surface area contributed by atoms with Crippen molar-refractivity contribution in [1.29, 1.82) is 0 Å². The second kappa shape index (κ2) is 6.46. The number of hydrogen-bond acceptors (Lipinski definition) is 5. The second-order valence-electron chi connectivity index (χ2n) is 4.97. The molecule has 0 saturated carbocycles. The summed E-state index contributed by atoms with van der Waals surface area (Å²) >= 11 is 3.03. The fraction of sp³-hybridized carbons (Fsp3) is 0.188. The number of benzene rings is 1. The van der Waals surface area contributed by atoms with Crippen LogP contribution in [0.15, 0.2) is 41.0 Å². The summed E-state index contributed by atoms with van der Waals surface area (Å²) in [6.07, 6.45) is 1.54. The summed E-state index contributed by atoms with van der Waals surface area (Å²) in [7, 11) is 0. The van der Waals surface area contributed by atoms with E-state index in [1.165, 1.54) is 17.3 Å². The van der Waals surface area contributed by atoms with Crippen molar-refractivity contribution in [2.75, 3.05) is 11.1 Å². The lowest BCUT2D eigenvalue weighted by Crippen LogP contribution is -2.15. The molecule has 0 fully saturated rings. The van der Waals surface area contributed by atoms with Crippen LogP contribution in [-0.4, -0.2) is 21.6 Å². The molecule has 0 aliphatic carbocycles. The predicted molar refractivity (Wildman–Crippen MR) is 92.7 cm³/mol. The van der Waals surface area contributed by atoms with Crippen molar-refractivity contribution in [2.45, 2.75) is 18.9 Å². The number of aryl methyl sites for hydroxylation is 2. The first kappa shape index (κ1) is 15.0. The standard InChI is InChI=1S/C16H15N3OS2/c1-10-3-4-12(11(2)7-10)19-14(20)8-22-16-15-13(5-6-21-15)17-9-18-16/h3-7,9H,8H2,1-2H3,(H,19,20). The predicted octanol–water partition coefficient (Wildman–Crippen LogP) is 4.04. The largest absolute Gasteiger partial charge is 0.325 e. The minimum atomic E-state index is -0.0275. The van der Waals surface area contributed by atoms with Crippen LogP contribution in [0.5, 0.6) is 0 Å². The fourth-order valence-electron chi connectivity index (χ4n) is 2.14. The topological polar surface area (TPSA) is 54.9 Å². The molecule has 3 aromatic rings. The lowest BCUT2D eigenvalue weighted by Gasteiger charge is -2.09. The molecule has 4 nitrogen and oxygen atoms in total. The summed E-state index contributed by atoms with van der Waals surface area (Å²) in [6.45, 7) is 4.03. The Balaban J connectivity index is 1.66. The molecule has 2 heterocycles. The van der Waals surface area contributed by atoms with Gasteiger partial charge in [-0.15, -0.1) is 11.3 Å². The highest BCUT2D eigenvalue weighted by Crippen LogP contribution is 2.28. The van der Waals surface area contributed by atoms with Crippen LogP contribution in [-0.2, 0) is 4.79 Å². The minimum Gasteiger partial charge on any atom is -0.325 e. The number of aromatic nitrogens is 2. The van der Waals surface area contributed by atoms with Crippen molar-refractivity contribution in [3.05, 3.63) is 47.1 Å². The highest BCUT2D eigenvalue weighted by molar-refractivity contribution is 8.00. The van der Waals surface area contributed by atoms with Gasteiger partial charge in [-0.3, -0.25) is 4.79 Å². The number of rotatable bonds is 4. The zero-order valence-corrected chi connectivity index (χ0v) is 13.9. The molecular weight excluding hydrogens is 314 g/mol. The van der Waals surface area contributed by atoms with Crippen molar-refractivity contribution in [3.8, 4) is 0 Å². The minimum absolute atomic E-state index is 0.0275. The normalized spacial score (nSPS) is 10.8. The number of carbonyl (C=O) groups is 1. The second-order valence-corrected chi connectivity index (χ2v) is 6.85. The molecule has 0 spiro atoms. The number of thioether (sulfide) groups is 1. The lowest BCUT2D eigenvalue weighted by atomic mass is 10.1.